The van der Waals surface area contributed by atoms with Crippen LogP contribution in [0.25, 0.3) is 16.9 Å². The quantitative estimate of drug-likeness (QED) is 0.444. The lowest BCUT2D eigenvalue weighted by Crippen LogP contribution is -2.34. The second-order valence-electron chi connectivity index (χ2n) is 6.25. The van der Waals surface area contributed by atoms with Crippen molar-refractivity contribution < 1.29 is 19.0 Å². The maximum Gasteiger partial charge on any atom is 0.266 e. The highest BCUT2D eigenvalue weighted by atomic mass is 35.5. The zero-order valence-corrected chi connectivity index (χ0v) is 16.6. The Balaban J connectivity index is 1.62. The van der Waals surface area contributed by atoms with Gasteiger partial charge in [-0.05, 0) is 24.3 Å². The molecule has 158 valence electrons. The second kappa shape index (κ2) is 8.98. The van der Waals surface area contributed by atoms with Gasteiger partial charge in [-0.1, -0.05) is 11.6 Å². The molecule has 1 amide bonds. The van der Waals surface area contributed by atoms with E-state index in [0.717, 1.165) is 12.3 Å². The topological polar surface area (TPSA) is 128 Å². The van der Waals surface area contributed by atoms with Crippen molar-refractivity contribution in [2.45, 2.75) is 12.5 Å². The molecule has 0 fully saturated rings. The van der Waals surface area contributed by atoms with E-state index in [1.54, 1.807) is 18.3 Å². The number of carbonyl (C=O) groups is 1. The molecule has 10 nitrogen and oxygen atoms in total. The van der Waals surface area contributed by atoms with Crippen LogP contribution in [0.1, 0.15) is 6.42 Å². The first-order valence-corrected chi connectivity index (χ1v) is 9.44. The zero-order chi connectivity index (χ0) is 21.8. The molecule has 4 aromatic heterocycles. The van der Waals surface area contributed by atoms with Crippen LogP contribution in [0.3, 0.4) is 0 Å². The average molecular weight is 444 g/mol. The van der Waals surface area contributed by atoms with Crippen LogP contribution >= 0.6 is 11.6 Å². The SMILES string of the molecule is O=C(Nc1ccc(F)cn1)[C@H](CCO)Oc1ncnc2c1cnn2-c1ncccc1Cl. The van der Waals surface area contributed by atoms with Gasteiger partial charge < -0.3 is 15.2 Å². The number of pyridine rings is 2. The molecule has 0 radical (unpaired) electrons. The summed E-state index contributed by atoms with van der Waals surface area (Å²) in [6.45, 7) is -0.314. The molecule has 4 rings (SSSR count). The molecular formula is C19H15ClFN7O3. The van der Waals surface area contributed by atoms with Crippen LogP contribution in [0.15, 0.2) is 49.2 Å². The van der Waals surface area contributed by atoms with Gasteiger partial charge in [-0.2, -0.15) is 9.78 Å². The monoisotopic (exact) mass is 443 g/mol. The molecule has 0 aliphatic carbocycles. The number of fused-ring (bicyclic) bond motifs is 1. The lowest BCUT2D eigenvalue weighted by molar-refractivity contribution is -0.123. The largest absolute Gasteiger partial charge is 0.464 e. The number of anilines is 1. The van der Waals surface area contributed by atoms with Gasteiger partial charge in [-0.15, -0.1) is 0 Å². The van der Waals surface area contributed by atoms with E-state index in [-0.39, 0.29) is 24.7 Å². The van der Waals surface area contributed by atoms with Crippen LogP contribution < -0.4 is 10.1 Å². The maximum absolute atomic E-state index is 13.0. The van der Waals surface area contributed by atoms with Gasteiger partial charge in [0.25, 0.3) is 5.91 Å². The van der Waals surface area contributed by atoms with E-state index in [2.05, 4.69) is 30.4 Å². The Morgan fingerprint density at radius 3 is 2.84 bits per heavy atom. The molecule has 0 aliphatic heterocycles. The molecule has 0 saturated carbocycles. The van der Waals surface area contributed by atoms with Crippen LogP contribution in [0, 0.1) is 5.82 Å². The third-order valence-corrected chi connectivity index (χ3v) is 4.48. The minimum absolute atomic E-state index is 0.0151. The molecule has 4 aromatic rings. The summed E-state index contributed by atoms with van der Waals surface area (Å²) in [5, 5.41) is 16.9. The summed E-state index contributed by atoms with van der Waals surface area (Å²) in [5.74, 6) is -0.516. The molecule has 0 spiro atoms. The lowest BCUT2D eigenvalue weighted by atomic mass is 10.2. The number of nitrogens with one attached hydrogen (secondary N) is 1. The number of carbonyl (C=O) groups excluding carboxylic acids is 1. The van der Waals surface area contributed by atoms with E-state index in [1.807, 2.05) is 0 Å². The van der Waals surface area contributed by atoms with Crippen LogP contribution in [0.4, 0.5) is 10.2 Å². The molecule has 0 saturated heterocycles. The summed E-state index contributed by atoms with van der Waals surface area (Å²) in [6, 6.07) is 5.83. The molecule has 0 bridgehead atoms. The molecule has 2 N–H and O–H groups in total. The summed E-state index contributed by atoms with van der Waals surface area (Å²) in [7, 11) is 0. The summed E-state index contributed by atoms with van der Waals surface area (Å²) in [6.07, 6.45) is 4.14. The van der Waals surface area contributed by atoms with Crippen LogP contribution in [-0.4, -0.2) is 53.4 Å². The number of aliphatic hydroxyl groups is 1. The van der Waals surface area contributed by atoms with E-state index < -0.39 is 17.8 Å². The van der Waals surface area contributed by atoms with E-state index in [9.17, 15) is 14.3 Å². The number of hydrogen-bond acceptors (Lipinski definition) is 8. The molecule has 0 aliphatic rings. The highest BCUT2D eigenvalue weighted by Gasteiger charge is 2.24. The van der Waals surface area contributed by atoms with Crippen molar-refractivity contribution >= 4 is 34.4 Å². The second-order valence-corrected chi connectivity index (χ2v) is 6.66. The molecule has 31 heavy (non-hydrogen) atoms. The fourth-order valence-electron chi connectivity index (χ4n) is 2.76. The Labute approximate surface area is 179 Å². The molecule has 1 atom stereocenters. The Bertz CT molecular complexity index is 1220. The standard InChI is InChI=1S/C19H15ClFN7O3/c20-13-2-1-6-22-17(13)28-16-12(9-26-28)19(25-10-24-16)31-14(5-7-29)18(30)27-15-4-3-11(21)8-23-15/h1-4,6,8-10,14,29H,5,7H2,(H,23,27,30)/t14-/m0/s1. The van der Waals surface area contributed by atoms with Crippen molar-refractivity contribution in [2.75, 3.05) is 11.9 Å². The fourth-order valence-corrected chi connectivity index (χ4v) is 2.96. The van der Waals surface area contributed by atoms with Gasteiger partial charge in [0.15, 0.2) is 17.6 Å². The van der Waals surface area contributed by atoms with Crippen molar-refractivity contribution in [3.63, 3.8) is 0 Å². The molecular weight excluding hydrogens is 429 g/mol. The minimum atomic E-state index is -1.10. The summed E-state index contributed by atoms with van der Waals surface area (Å²) >= 11 is 6.20. The first kappa shape index (κ1) is 20.6. The van der Waals surface area contributed by atoms with E-state index in [0.29, 0.717) is 21.9 Å². The third kappa shape index (κ3) is 4.42. The number of aliphatic hydroxyl groups excluding tert-OH is 1. The van der Waals surface area contributed by atoms with Crippen molar-refractivity contribution in [1.29, 1.82) is 0 Å². The summed E-state index contributed by atoms with van der Waals surface area (Å²) in [4.78, 5) is 28.9. The van der Waals surface area contributed by atoms with Crippen molar-refractivity contribution in [1.82, 2.24) is 29.7 Å². The van der Waals surface area contributed by atoms with Crippen LogP contribution in [0.5, 0.6) is 5.88 Å². The van der Waals surface area contributed by atoms with Gasteiger partial charge in [-0.25, -0.2) is 24.3 Å². The number of ether oxygens (including phenoxy) is 1. The zero-order valence-electron chi connectivity index (χ0n) is 15.8. The normalized spacial score (nSPS) is 12.0. The first-order valence-electron chi connectivity index (χ1n) is 9.06. The number of halogens is 2. The summed E-state index contributed by atoms with van der Waals surface area (Å²) in [5.41, 5.74) is 0.369. The number of nitrogens with zero attached hydrogens (tertiary/aromatic N) is 6. The average Bonchev–Trinajstić information content (AvgIpc) is 3.20. The predicted octanol–water partition coefficient (Wildman–Crippen LogP) is 2.17. The van der Waals surface area contributed by atoms with Crippen LogP contribution in [-0.2, 0) is 4.79 Å². The van der Waals surface area contributed by atoms with Gasteiger partial charge in [0.2, 0.25) is 5.88 Å². The predicted molar refractivity (Wildman–Crippen MR) is 108 cm³/mol. The number of amides is 1. The first-order chi connectivity index (χ1) is 15.1. The maximum atomic E-state index is 13.0. The molecule has 4 heterocycles. The van der Waals surface area contributed by atoms with Gasteiger partial charge in [0.05, 0.1) is 17.4 Å². The molecule has 0 aromatic carbocycles. The van der Waals surface area contributed by atoms with Crippen LogP contribution in [0.2, 0.25) is 5.02 Å². The fraction of sp³-hybridized carbons (Fsp3) is 0.158. The van der Waals surface area contributed by atoms with Crippen molar-refractivity contribution in [3.8, 4) is 11.7 Å². The minimum Gasteiger partial charge on any atom is -0.464 e. The van der Waals surface area contributed by atoms with E-state index in [1.165, 1.54) is 23.3 Å². The Morgan fingerprint density at radius 2 is 2.10 bits per heavy atom. The third-order valence-electron chi connectivity index (χ3n) is 4.19. The van der Waals surface area contributed by atoms with Gasteiger partial charge in [0, 0.05) is 19.2 Å². The summed E-state index contributed by atoms with van der Waals surface area (Å²) < 4.78 is 20.2. The smallest absolute Gasteiger partial charge is 0.266 e. The van der Waals surface area contributed by atoms with Crippen molar-refractivity contribution in [3.05, 3.63) is 60.0 Å². The van der Waals surface area contributed by atoms with Gasteiger partial charge in [0.1, 0.15) is 23.3 Å². The highest BCUT2D eigenvalue weighted by Crippen LogP contribution is 2.26. The Kier molecular flexibility index (Phi) is 5.96. The Morgan fingerprint density at radius 1 is 1.23 bits per heavy atom. The highest BCUT2D eigenvalue weighted by molar-refractivity contribution is 6.32. The number of rotatable bonds is 7. The molecule has 12 heteroatoms. The molecule has 0 unspecified atom stereocenters. The number of hydrogen-bond donors (Lipinski definition) is 2. The van der Waals surface area contributed by atoms with E-state index in [4.69, 9.17) is 16.3 Å². The number of aromatic nitrogens is 6. The lowest BCUT2D eigenvalue weighted by Gasteiger charge is -2.17. The van der Waals surface area contributed by atoms with E-state index >= 15 is 0 Å². The Hall–Kier alpha value is -3.70. The van der Waals surface area contributed by atoms with Crippen molar-refractivity contribution in [2.24, 2.45) is 0 Å². The van der Waals surface area contributed by atoms with Gasteiger partial charge in [-0.3, -0.25) is 4.79 Å². The van der Waals surface area contributed by atoms with Gasteiger partial charge >= 0.3 is 0 Å².